The first-order valence-electron chi connectivity index (χ1n) is 13.8. The lowest BCUT2D eigenvalue weighted by Crippen LogP contribution is -2.42. The third-order valence-corrected chi connectivity index (χ3v) is 7.34. The van der Waals surface area contributed by atoms with E-state index in [1.807, 2.05) is 44.2 Å². The molecule has 0 radical (unpaired) electrons. The van der Waals surface area contributed by atoms with E-state index in [2.05, 4.69) is 38.2 Å². The number of carbonyl (C=O) groups excluding carboxylic acids is 1. The van der Waals surface area contributed by atoms with E-state index in [1.54, 1.807) is 6.07 Å². The second-order valence-corrected chi connectivity index (χ2v) is 12.1. The van der Waals surface area contributed by atoms with E-state index in [0.29, 0.717) is 12.3 Å². The fourth-order valence-corrected chi connectivity index (χ4v) is 5.20. The third kappa shape index (κ3) is 6.91. The lowest BCUT2D eigenvalue weighted by molar-refractivity contribution is -0.139. The van der Waals surface area contributed by atoms with Crippen molar-refractivity contribution in [1.29, 1.82) is 0 Å². The molecule has 38 heavy (non-hydrogen) atoms. The number of hydrogen-bond donors (Lipinski definition) is 2. The highest BCUT2D eigenvalue weighted by molar-refractivity contribution is 5.99. The zero-order valence-electron chi connectivity index (χ0n) is 23.2. The van der Waals surface area contributed by atoms with Crippen LogP contribution in [0.1, 0.15) is 88.5 Å². The number of pyridine rings is 1. The number of fused-ring (bicyclic) bond motifs is 1. The van der Waals surface area contributed by atoms with E-state index in [-0.39, 0.29) is 17.0 Å². The summed E-state index contributed by atoms with van der Waals surface area (Å²) in [5, 5.41) is 14.1. The number of nitrogens with one attached hydrogen (secondary N) is 1. The first-order chi connectivity index (χ1) is 18.0. The van der Waals surface area contributed by atoms with Gasteiger partial charge in [-0.1, -0.05) is 78.5 Å². The van der Waals surface area contributed by atoms with E-state index in [9.17, 15) is 14.7 Å². The third-order valence-electron chi connectivity index (χ3n) is 7.34. The molecule has 1 aromatic heterocycles. The Morgan fingerprint density at radius 1 is 1.03 bits per heavy atom. The Kier molecular flexibility index (Phi) is 8.39. The molecule has 202 valence electrons. The van der Waals surface area contributed by atoms with Crippen molar-refractivity contribution in [3.8, 4) is 11.5 Å². The number of rotatable bonds is 9. The first kappa shape index (κ1) is 27.6. The van der Waals surface area contributed by atoms with Crippen LogP contribution in [0.2, 0.25) is 0 Å². The molecule has 6 nitrogen and oxygen atoms in total. The Bertz CT molecular complexity index is 1290. The molecule has 0 saturated heterocycles. The fourth-order valence-electron chi connectivity index (χ4n) is 5.20. The van der Waals surface area contributed by atoms with Crippen LogP contribution in [0.15, 0.2) is 48.5 Å². The Balaban J connectivity index is 1.64. The van der Waals surface area contributed by atoms with Crippen LogP contribution < -0.4 is 10.1 Å². The van der Waals surface area contributed by atoms with Crippen LogP contribution in [0, 0.1) is 11.8 Å². The minimum Gasteiger partial charge on any atom is -0.480 e. The zero-order valence-corrected chi connectivity index (χ0v) is 23.2. The molecule has 1 aliphatic carbocycles. The predicted molar refractivity (Wildman–Crippen MR) is 151 cm³/mol. The molecule has 0 aliphatic heterocycles. The molecule has 0 spiro atoms. The van der Waals surface area contributed by atoms with Gasteiger partial charge in [0, 0.05) is 11.1 Å². The standard InChI is InChI=1S/C32H40N2O4/c1-20(2)16-29(31(36)37)34-30(35)28-18-22-10-13-25(38-24-14-11-23(12-15-24)32(3,4)5)19-26(22)27(33-28)17-21-8-6-7-9-21/h10-15,18-21,29H,6-9,16-17H2,1-5H3,(H,34,35)(H,36,37)/t29-/m0/s1. The number of hydrogen-bond acceptors (Lipinski definition) is 4. The topological polar surface area (TPSA) is 88.5 Å². The van der Waals surface area contributed by atoms with Gasteiger partial charge in [-0.3, -0.25) is 4.79 Å². The van der Waals surface area contributed by atoms with Crippen molar-refractivity contribution in [1.82, 2.24) is 10.3 Å². The molecule has 1 heterocycles. The summed E-state index contributed by atoms with van der Waals surface area (Å²) in [5.41, 5.74) is 2.44. The van der Waals surface area contributed by atoms with E-state index < -0.39 is 17.9 Å². The molecular formula is C32H40N2O4. The average Bonchev–Trinajstić information content (AvgIpc) is 3.36. The van der Waals surface area contributed by atoms with Crippen molar-refractivity contribution < 1.29 is 19.4 Å². The summed E-state index contributed by atoms with van der Waals surface area (Å²) in [6.45, 7) is 10.4. The maximum Gasteiger partial charge on any atom is 0.326 e. The summed E-state index contributed by atoms with van der Waals surface area (Å²) in [6, 6.07) is 14.8. The van der Waals surface area contributed by atoms with Crippen molar-refractivity contribution in [2.45, 2.75) is 84.6 Å². The molecule has 1 amide bonds. The number of benzene rings is 2. The lowest BCUT2D eigenvalue weighted by Gasteiger charge is -2.19. The van der Waals surface area contributed by atoms with Crippen LogP contribution in [-0.4, -0.2) is 28.0 Å². The summed E-state index contributed by atoms with van der Waals surface area (Å²) in [5.74, 6) is 0.676. The van der Waals surface area contributed by atoms with Crippen molar-refractivity contribution in [2.75, 3.05) is 0 Å². The van der Waals surface area contributed by atoms with Crippen molar-refractivity contribution >= 4 is 22.6 Å². The van der Waals surface area contributed by atoms with Gasteiger partial charge < -0.3 is 15.2 Å². The summed E-state index contributed by atoms with van der Waals surface area (Å²) < 4.78 is 6.20. The minimum absolute atomic E-state index is 0.0750. The van der Waals surface area contributed by atoms with Gasteiger partial charge in [-0.2, -0.15) is 0 Å². The van der Waals surface area contributed by atoms with Crippen molar-refractivity contribution in [2.24, 2.45) is 11.8 Å². The smallest absolute Gasteiger partial charge is 0.326 e. The summed E-state index contributed by atoms with van der Waals surface area (Å²) in [4.78, 5) is 29.6. The number of ether oxygens (including phenoxy) is 1. The van der Waals surface area contributed by atoms with Gasteiger partial charge in [0.05, 0.1) is 0 Å². The maximum absolute atomic E-state index is 13.1. The molecule has 1 atom stereocenters. The Morgan fingerprint density at radius 3 is 2.29 bits per heavy atom. The number of nitrogens with zero attached hydrogens (tertiary/aromatic N) is 1. The number of aliphatic carboxylic acids is 1. The van der Waals surface area contributed by atoms with Crippen LogP contribution in [0.3, 0.4) is 0 Å². The van der Waals surface area contributed by atoms with Gasteiger partial charge in [0.25, 0.3) is 5.91 Å². The van der Waals surface area contributed by atoms with E-state index in [4.69, 9.17) is 9.72 Å². The molecule has 4 rings (SSSR count). The van der Waals surface area contributed by atoms with Crippen LogP contribution >= 0.6 is 0 Å². The number of aromatic nitrogens is 1. The van der Waals surface area contributed by atoms with Gasteiger partial charge in [-0.25, -0.2) is 9.78 Å². The van der Waals surface area contributed by atoms with Gasteiger partial charge in [0.15, 0.2) is 0 Å². The van der Waals surface area contributed by atoms with Gasteiger partial charge in [0.2, 0.25) is 0 Å². The van der Waals surface area contributed by atoms with Gasteiger partial charge in [0.1, 0.15) is 23.2 Å². The zero-order chi connectivity index (χ0) is 27.4. The molecule has 2 N–H and O–H groups in total. The SMILES string of the molecule is CC(C)C[C@H](NC(=O)c1cc2ccc(Oc3ccc(C(C)(C)C)cc3)cc2c(CC2CCCC2)n1)C(=O)O. The monoisotopic (exact) mass is 516 g/mol. The van der Waals surface area contributed by atoms with E-state index >= 15 is 0 Å². The number of amides is 1. The molecule has 0 bridgehead atoms. The van der Waals surface area contributed by atoms with E-state index in [1.165, 1.54) is 18.4 Å². The molecule has 3 aromatic rings. The van der Waals surface area contributed by atoms with E-state index in [0.717, 1.165) is 47.2 Å². The van der Waals surface area contributed by atoms with Crippen molar-refractivity contribution in [3.05, 3.63) is 65.5 Å². The molecule has 1 saturated carbocycles. The highest BCUT2D eigenvalue weighted by Gasteiger charge is 2.24. The summed E-state index contributed by atoms with van der Waals surface area (Å²) in [7, 11) is 0. The molecule has 6 heteroatoms. The van der Waals surface area contributed by atoms with Crippen LogP contribution in [0.25, 0.3) is 10.8 Å². The second-order valence-electron chi connectivity index (χ2n) is 12.1. The second kappa shape index (κ2) is 11.5. The number of carboxylic acid groups (broad SMARTS) is 1. The maximum atomic E-state index is 13.1. The van der Waals surface area contributed by atoms with Crippen LogP contribution in [0.5, 0.6) is 11.5 Å². The van der Waals surface area contributed by atoms with Crippen LogP contribution in [-0.2, 0) is 16.6 Å². The summed E-state index contributed by atoms with van der Waals surface area (Å²) >= 11 is 0. The molecule has 0 unspecified atom stereocenters. The predicted octanol–water partition coefficient (Wildman–Crippen LogP) is 7.29. The largest absolute Gasteiger partial charge is 0.480 e. The lowest BCUT2D eigenvalue weighted by atomic mass is 9.87. The van der Waals surface area contributed by atoms with Crippen molar-refractivity contribution in [3.63, 3.8) is 0 Å². The average molecular weight is 517 g/mol. The Labute approximate surface area is 225 Å². The number of carbonyl (C=O) groups is 2. The van der Waals surface area contributed by atoms with Gasteiger partial charge >= 0.3 is 5.97 Å². The van der Waals surface area contributed by atoms with Gasteiger partial charge in [-0.05, 0) is 71.4 Å². The highest BCUT2D eigenvalue weighted by Crippen LogP contribution is 2.33. The fraction of sp³-hybridized carbons (Fsp3) is 0.469. The highest BCUT2D eigenvalue weighted by atomic mass is 16.5. The normalized spacial score (nSPS) is 15.1. The van der Waals surface area contributed by atoms with Crippen LogP contribution in [0.4, 0.5) is 0 Å². The quantitative estimate of drug-likeness (QED) is 0.312. The number of carboxylic acids is 1. The first-order valence-corrected chi connectivity index (χ1v) is 13.8. The molecule has 2 aromatic carbocycles. The molecular weight excluding hydrogens is 476 g/mol. The Morgan fingerprint density at radius 2 is 1.68 bits per heavy atom. The minimum atomic E-state index is -1.03. The summed E-state index contributed by atoms with van der Waals surface area (Å²) in [6.07, 6.45) is 5.90. The Hall–Kier alpha value is -3.41. The van der Waals surface area contributed by atoms with Gasteiger partial charge in [-0.15, -0.1) is 0 Å². The molecule has 1 aliphatic rings. The molecule has 1 fully saturated rings.